The summed E-state index contributed by atoms with van der Waals surface area (Å²) in [6.07, 6.45) is 0.736. The van der Waals surface area contributed by atoms with Gasteiger partial charge < -0.3 is 9.47 Å². The van der Waals surface area contributed by atoms with Crippen LogP contribution >= 0.6 is 15.9 Å². The summed E-state index contributed by atoms with van der Waals surface area (Å²) >= 11 is 3.37. The molecule has 6 nitrogen and oxygen atoms in total. The van der Waals surface area contributed by atoms with Gasteiger partial charge in [0.05, 0.1) is 5.39 Å². The maximum Gasteiger partial charge on any atom is 0.359 e. The van der Waals surface area contributed by atoms with E-state index in [4.69, 9.17) is 9.47 Å². The molecule has 1 aromatic heterocycles. The summed E-state index contributed by atoms with van der Waals surface area (Å²) in [4.78, 5) is 25.0. The fourth-order valence-corrected chi connectivity index (χ4v) is 3.05. The number of ether oxygens (including phenoxy) is 2. The van der Waals surface area contributed by atoms with Crippen molar-refractivity contribution in [1.29, 1.82) is 0 Å². The summed E-state index contributed by atoms with van der Waals surface area (Å²) in [6, 6.07) is 14.3. The summed E-state index contributed by atoms with van der Waals surface area (Å²) in [5.41, 5.74) is -0.0666. The van der Waals surface area contributed by atoms with Crippen molar-refractivity contribution in [2.45, 2.75) is 19.9 Å². The smallest absolute Gasteiger partial charge is 0.359 e. The minimum atomic E-state index is -0.575. The number of carbonyl (C=O) groups is 1. The van der Waals surface area contributed by atoms with E-state index in [0.717, 1.165) is 10.9 Å². The van der Waals surface area contributed by atoms with Gasteiger partial charge in [0.1, 0.15) is 19.0 Å². The number of rotatable bonds is 7. The zero-order chi connectivity index (χ0) is 19.2. The molecule has 0 bridgehead atoms. The van der Waals surface area contributed by atoms with Gasteiger partial charge in [0.25, 0.3) is 5.56 Å². The van der Waals surface area contributed by atoms with Crippen LogP contribution in [0, 0.1) is 0 Å². The van der Waals surface area contributed by atoms with Crippen molar-refractivity contribution in [1.82, 2.24) is 9.78 Å². The van der Waals surface area contributed by atoms with Crippen LogP contribution in [0.25, 0.3) is 10.8 Å². The second-order valence-electron chi connectivity index (χ2n) is 5.86. The third-order valence-electron chi connectivity index (χ3n) is 3.88. The topological polar surface area (TPSA) is 70.4 Å². The molecule has 0 aliphatic heterocycles. The van der Waals surface area contributed by atoms with E-state index in [9.17, 15) is 9.59 Å². The van der Waals surface area contributed by atoms with Crippen LogP contribution in [-0.4, -0.2) is 29.0 Å². The van der Waals surface area contributed by atoms with E-state index in [1.807, 2.05) is 31.2 Å². The van der Waals surface area contributed by atoms with Crippen LogP contribution in [0.15, 0.2) is 57.8 Å². The average Bonchev–Trinajstić information content (AvgIpc) is 2.67. The summed E-state index contributed by atoms with van der Waals surface area (Å²) < 4.78 is 13.1. The Hall–Kier alpha value is -2.67. The number of aromatic nitrogens is 2. The summed E-state index contributed by atoms with van der Waals surface area (Å²) in [6.45, 7) is 2.68. The number of esters is 1. The third-order valence-corrected chi connectivity index (χ3v) is 4.37. The third kappa shape index (κ3) is 4.54. The van der Waals surface area contributed by atoms with Crippen molar-refractivity contribution in [2.75, 3.05) is 13.2 Å². The van der Waals surface area contributed by atoms with E-state index >= 15 is 0 Å². The zero-order valence-electron chi connectivity index (χ0n) is 14.9. The molecule has 0 atom stereocenters. The van der Waals surface area contributed by atoms with Crippen molar-refractivity contribution in [3.05, 3.63) is 69.1 Å². The van der Waals surface area contributed by atoms with Crippen molar-refractivity contribution in [3.8, 4) is 5.75 Å². The van der Waals surface area contributed by atoms with Gasteiger partial charge in [-0.1, -0.05) is 47.1 Å². The highest BCUT2D eigenvalue weighted by Crippen LogP contribution is 2.18. The molecular formula is C20H19BrN2O4. The minimum absolute atomic E-state index is 0.0776. The first-order chi connectivity index (χ1) is 13.1. The number of nitrogens with zero attached hydrogens (tertiary/aromatic N) is 2. The average molecular weight is 431 g/mol. The molecule has 0 amide bonds. The molecule has 27 heavy (non-hydrogen) atoms. The number of fused-ring (bicyclic) bond motifs is 1. The summed E-state index contributed by atoms with van der Waals surface area (Å²) in [5.74, 6) is 0.106. The van der Waals surface area contributed by atoms with Gasteiger partial charge >= 0.3 is 5.97 Å². The molecule has 0 unspecified atom stereocenters. The van der Waals surface area contributed by atoms with Crippen LogP contribution in [0.3, 0.4) is 0 Å². The molecule has 0 spiro atoms. The monoisotopic (exact) mass is 430 g/mol. The van der Waals surface area contributed by atoms with Crippen LogP contribution in [0.1, 0.15) is 23.8 Å². The lowest BCUT2D eigenvalue weighted by Gasteiger charge is -2.11. The number of halogens is 1. The Labute approximate surface area is 164 Å². The first-order valence-electron chi connectivity index (χ1n) is 8.65. The molecule has 1 heterocycles. The van der Waals surface area contributed by atoms with Crippen molar-refractivity contribution in [2.24, 2.45) is 0 Å². The maximum atomic E-state index is 12.5. The number of hydrogen-bond donors (Lipinski definition) is 0. The summed E-state index contributed by atoms with van der Waals surface area (Å²) in [7, 11) is 0. The van der Waals surface area contributed by atoms with E-state index in [0.29, 0.717) is 23.1 Å². The van der Waals surface area contributed by atoms with Crippen LogP contribution in [0.5, 0.6) is 5.75 Å². The molecule has 0 aliphatic carbocycles. The van der Waals surface area contributed by atoms with Gasteiger partial charge in [-0.05, 0) is 30.7 Å². The lowest BCUT2D eigenvalue weighted by Crippen LogP contribution is -2.26. The Morgan fingerprint density at radius 3 is 2.63 bits per heavy atom. The standard InChI is InChI=1S/C20H19BrN2O4/c1-2-10-23-19(24)17-9-4-3-8-16(17)18(22-23)20(25)27-12-11-26-15-7-5-6-14(21)13-15/h3-9,13H,2,10-12H2,1H3. The molecule has 2 aromatic carbocycles. The van der Waals surface area contributed by atoms with Crippen LogP contribution in [0.4, 0.5) is 0 Å². The maximum absolute atomic E-state index is 12.5. The molecule has 3 aromatic rings. The Kier molecular flexibility index (Phi) is 6.24. The molecule has 0 radical (unpaired) electrons. The molecular weight excluding hydrogens is 412 g/mol. The first kappa shape index (κ1) is 19.1. The van der Waals surface area contributed by atoms with Crippen molar-refractivity contribution < 1.29 is 14.3 Å². The Bertz CT molecular complexity index is 1020. The zero-order valence-corrected chi connectivity index (χ0v) is 16.4. The number of aryl methyl sites for hydroxylation is 1. The highest BCUT2D eigenvalue weighted by molar-refractivity contribution is 9.10. The van der Waals surface area contributed by atoms with Gasteiger partial charge in [0.2, 0.25) is 0 Å². The van der Waals surface area contributed by atoms with Crippen molar-refractivity contribution >= 4 is 32.7 Å². The Morgan fingerprint density at radius 1 is 1.11 bits per heavy atom. The van der Waals surface area contributed by atoms with E-state index in [1.165, 1.54) is 4.68 Å². The largest absolute Gasteiger partial charge is 0.490 e. The van der Waals surface area contributed by atoms with Crippen LogP contribution < -0.4 is 10.3 Å². The van der Waals surface area contributed by atoms with E-state index in [2.05, 4.69) is 21.0 Å². The highest BCUT2D eigenvalue weighted by atomic mass is 79.9. The van der Waals surface area contributed by atoms with E-state index in [1.54, 1.807) is 24.3 Å². The van der Waals surface area contributed by atoms with Gasteiger partial charge in [0, 0.05) is 16.4 Å². The van der Waals surface area contributed by atoms with E-state index in [-0.39, 0.29) is 24.5 Å². The SMILES string of the molecule is CCCn1nc(C(=O)OCCOc2cccc(Br)c2)c2ccccc2c1=O. The Balaban J connectivity index is 1.73. The Morgan fingerprint density at radius 2 is 1.89 bits per heavy atom. The van der Waals surface area contributed by atoms with Gasteiger partial charge in [-0.2, -0.15) is 5.10 Å². The van der Waals surface area contributed by atoms with Gasteiger partial charge in [-0.15, -0.1) is 0 Å². The van der Waals surface area contributed by atoms with E-state index < -0.39 is 5.97 Å². The molecule has 0 N–H and O–H groups in total. The predicted molar refractivity (Wildman–Crippen MR) is 106 cm³/mol. The van der Waals surface area contributed by atoms with Gasteiger partial charge in [0.15, 0.2) is 5.69 Å². The molecule has 0 fully saturated rings. The first-order valence-corrected chi connectivity index (χ1v) is 9.45. The predicted octanol–water partition coefficient (Wildman–Crippen LogP) is 3.80. The number of carbonyl (C=O) groups excluding carboxylic acids is 1. The fraction of sp³-hybridized carbons (Fsp3) is 0.250. The lowest BCUT2D eigenvalue weighted by molar-refractivity contribution is 0.0443. The normalized spacial score (nSPS) is 10.7. The molecule has 7 heteroatoms. The van der Waals surface area contributed by atoms with Crippen molar-refractivity contribution in [3.63, 3.8) is 0 Å². The molecule has 0 aliphatic rings. The highest BCUT2D eigenvalue weighted by Gasteiger charge is 2.17. The van der Waals surface area contributed by atoms with Gasteiger partial charge in [-0.3, -0.25) is 4.79 Å². The summed E-state index contributed by atoms with van der Waals surface area (Å²) in [5, 5.41) is 5.17. The minimum Gasteiger partial charge on any atom is -0.490 e. The molecule has 0 saturated carbocycles. The second-order valence-corrected chi connectivity index (χ2v) is 6.78. The lowest BCUT2D eigenvalue weighted by atomic mass is 10.1. The number of benzene rings is 2. The number of hydrogen-bond acceptors (Lipinski definition) is 5. The molecule has 0 saturated heterocycles. The molecule has 3 rings (SSSR count). The molecule has 140 valence electrons. The quantitative estimate of drug-likeness (QED) is 0.421. The van der Waals surface area contributed by atoms with Crippen LogP contribution in [0.2, 0.25) is 0 Å². The second kappa shape index (κ2) is 8.81. The van der Waals surface area contributed by atoms with Gasteiger partial charge in [-0.25, -0.2) is 9.48 Å². The fourth-order valence-electron chi connectivity index (χ4n) is 2.67. The van der Waals surface area contributed by atoms with Crippen LogP contribution in [-0.2, 0) is 11.3 Å².